The van der Waals surface area contributed by atoms with Crippen molar-refractivity contribution in [3.63, 3.8) is 0 Å². The van der Waals surface area contributed by atoms with Crippen molar-refractivity contribution in [1.29, 1.82) is 0 Å². The summed E-state index contributed by atoms with van der Waals surface area (Å²) in [6.07, 6.45) is 2.04. The van der Waals surface area contributed by atoms with Crippen LogP contribution in [0.15, 0.2) is 29.8 Å². The zero-order chi connectivity index (χ0) is 19.3. The third-order valence-electron chi connectivity index (χ3n) is 5.13. The smallest absolute Gasteiger partial charge is 0.201 e. The number of aromatic hydroxyl groups is 3. The molecule has 0 spiro atoms. The predicted octanol–water partition coefficient (Wildman–Crippen LogP) is 3.93. The summed E-state index contributed by atoms with van der Waals surface area (Å²) < 4.78 is 17.0. The zero-order valence-corrected chi connectivity index (χ0v) is 15.4. The molecule has 0 unspecified atom stereocenters. The minimum atomic E-state index is -0.418. The highest BCUT2D eigenvalue weighted by atomic mass is 16.5. The van der Waals surface area contributed by atoms with Gasteiger partial charge in [-0.25, -0.2) is 0 Å². The second-order valence-electron chi connectivity index (χ2n) is 7.13. The van der Waals surface area contributed by atoms with Crippen LogP contribution in [0.2, 0.25) is 0 Å². The fourth-order valence-electron chi connectivity index (χ4n) is 3.70. The van der Waals surface area contributed by atoms with Crippen LogP contribution in [0.1, 0.15) is 42.6 Å². The van der Waals surface area contributed by atoms with Crippen molar-refractivity contribution in [2.24, 2.45) is 0 Å². The van der Waals surface area contributed by atoms with Gasteiger partial charge in [-0.3, -0.25) is 0 Å². The van der Waals surface area contributed by atoms with Crippen LogP contribution in [0.4, 0.5) is 0 Å². The molecular weight excluding hydrogens is 348 g/mol. The highest BCUT2D eigenvalue weighted by Gasteiger charge is 2.44. The largest absolute Gasteiger partial charge is 0.504 e. The van der Waals surface area contributed by atoms with Gasteiger partial charge in [0.15, 0.2) is 23.0 Å². The average molecular weight is 370 g/mol. The molecule has 142 valence electrons. The first kappa shape index (κ1) is 17.4. The fraction of sp³-hybridized carbons (Fsp3) is 0.333. The SMILES string of the molecule is COc1ccc2c(c1O)O[C@@H]1c3cc(CC=C(C)C)c(O)c(O)c3OC[C@@H]21. The van der Waals surface area contributed by atoms with E-state index in [-0.39, 0.29) is 35.5 Å². The highest BCUT2D eigenvalue weighted by Crippen LogP contribution is 2.58. The molecule has 0 aliphatic carbocycles. The van der Waals surface area contributed by atoms with Gasteiger partial charge in [0.25, 0.3) is 0 Å². The van der Waals surface area contributed by atoms with Crippen molar-refractivity contribution in [1.82, 2.24) is 0 Å². The van der Waals surface area contributed by atoms with Crippen molar-refractivity contribution in [3.8, 4) is 34.5 Å². The molecule has 2 heterocycles. The zero-order valence-electron chi connectivity index (χ0n) is 15.4. The molecule has 6 heteroatoms. The van der Waals surface area contributed by atoms with Crippen molar-refractivity contribution in [2.75, 3.05) is 13.7 Å². The molecular formula is C21H22O6. The van der Waals surface area contributed by atoms with Crippen LogP contribution in [0, 0.1) is 0 Å². The van der Waals surface area contributed by atoms with Crippen LogP contribution in [0.25, 0.3) is 0 Å². The van der Waals surface area contributed by atoms with E-state index in [4.69, 9.17) is 14.2 Å². The van der Waals surface area contributed by atoms with E-state index in [1.54, 1.807) is 12.1 Å². The summed E-state index contributed by atoms with van der Waals surface area (Å²) in [5.74, 6) is 0.331. The maximum atomic E-state index is 10.4. The number of allylic oxidation sites excluding steroid dienone is 2. The minimum Gasteiger partial charge on any atom is -0.504 e. The summed E-state index contributed by atoms with van der Waals surface area (Å²) in [4.78, 5) is 0. The normalized spacial score (nSPS) is 19.2. The molecule has 0 saturated carbocycles. The molecule has 2 atom stereocenters. The van der Waals surface area contributed by atoms with Gasteiger partial charge in [-0.2, -0.15) is 0 Å². The highest BCUT2D eigenvalue weighted by molar-refractivity contribution is 5.64. The number of benzene rings is 2. The lowest BCUT2D eigenvalue weighted by molar-refractivity contribution is 0.133. The second-order valence-corrected chi connectivity index (χ2v) is 7.13. The third-order valence-corrected chi connectivity index (χ3v) is 5.13. The van der Waals surface area contributed by atoms with Crippen molar-refractivity contribution < 1.29 is 29.5 Å². The average Bonchev–Trinajstić information content (AvgIpc) is 3.03. The monoisotopic (exact) mass is 370 g/mol. The van der Waals surface area contributed by atoms with Crippen LogP contribution in [0.3, 0.4) is 0 Å². The van der Waals surface area contributed by atoms with Crippen LogP contribution in [-0.2, 0) is 6.42 Å². The van der Waals surface area contributed by atoms with E-state index < -0.39 is 6.10 Å². The van der Waals surface area contributed by atoms with Gasteiger partial charge >= 0.3 is 0 Å². The number of phenolic OH excluding ortho intramolecular Hbond substituents is 3. The number of hydrogen-bond donors (Lipinski definition) is 3. The van der Waals surface area contributed by atoms with Gasteiger partial charge in [0.1, 0.15) is 6.10 Å². The van der Waals surface area contributed by atoms with Crippen LogP contribution < -0.4 is 14.2 Å². The molecule has 27 heavy (non-hydrogen) atoms. The Morgan fingerprint density at radius 1 is 1.11 bits per heavy atom. The maximum absolute atomic E-state index is 10.4. The molecule has 0 radical (unpaired) electrons. The molecule has 2 aromatic carbocycles. The molecule has 3 N–H and O–H groups in total. The number of methoxy groups -OCH3 is 1. The van der Waals surface area contributed by atoms with Crippen molar-refractivity contribution in [2.45, 2.75) is 32.3 Å². The summed E-state index contributed by atoms with van der Waals surface area (Å²) in [6, 6.07) is 5.36. The summed E-state index contributed by atoms with van der Waals surface area (Å²) in [6.45, 7) is 4.22. The lowest BCUT2D eigenvalue weighted by atomic mass is 9.87. The standard InChI is InChI=1S/C21H22O6/c1-10(2)4-5-11-8-13-19-14(9-26-20(13)18(24)16(11)22)12-6-7-15(25-3)17(23)21(12)27-19/h4,6-8,14,19,22-24H,5,9H2,1-3H3/t14-,19+/m0/s1. The first-order chi connectivity index (χ1) is 12.9. The lowest BCUT2D eigenvalue weighted by Crippen LogP contribution is -2.23. The molecule has 0 aromatic heterocycles. The molecule has 2 aliphatic heterocycles. The summed E-state index contributed by atoms with van der Waals surface area (Å²) in [5, 5.41) is 31.2. The van der Waals surface area contributed by atoms with Gasteiger partial charge in [0.2, 0.25) is 11.5 Å². The van der Waals surface area contributed by atoms with E-state index in [1.807, 2.05) is 26.0 Å². The number of ether oxygens (including phenoxy) is 3. The van der Waals surface area contributed by atoms with E-state index in [2.05, 4.69) is 0 Å². The number of fused-ring (bicyclic) bond motifs is 5. The summed E-state index contributed by atoms with van der Waals surface area (Å²) >= 11 is 0. The number of phenols is 3. The number of rotatable bonds is 3. The minimum absolute atomic E-state index is 0.0429. The first-order valence-electron chi connectivity index (χ1n) is 8.82. The molecule has 4 rings (SSSR count). The second kappa shape index (κ2) is 6.30. The van der Waals surface area contributed by atoms with E-state index in [0.717, 1.165) is 11.1 Å². The van der Waals surface area contributed by atoms with Crippen LogP contribution >= 0.6 is 0 Å². The molecule has 2 aliphatic rings. The first-order valence-corrected chi connectivity index (χ1v) is 8.82. The molecule has 0 saturated heterocycles. The Labute approximate surface area is 157 Å². The Hall–Kier alpha value is -3.02. The van der Waals surface area contributed by atoms with Gasteiger partial charge in [-0.1, -0.05) is 17.7 Å². The summed E-state index contributed by atoms with van der Waals surface area (Å²) in [5.41, 5.74) is 3.20. The third kappa shape index (κ3) is 2.63. The summed E-state index contributed by atoms with van der Waals surface area (Å²) in [7, 11) is 1.48. The van der Waals surface area contributed by atoms with E-state index in [1.165, 1.54) is 7.11 Å². The lowest BCUT2D eigenvalue weighted by Gasteiger charge is -2.29. The molecule has 2 aromatic rings. The van der Waals surface area contributed by atoms with Gasteiger partial charge in [-0.15, -0.1) is 0 Å². The Morgan fingerprint density at radius 2 is 1.89 bits per heavy atom. The molecule has 0 bridgehead atoms. The van der Waals surface area contributed by atoms with Gasteiger partial charge in [0.05, 0.1) is 19.6 Å². The molecule has 0 amide bonds. The van der Waals surface area contributed by atoms with Gasteiger partial charge in [-0.05, 0) is 32.4 Å². The topological polar surface area (TPSA) is 88.4 Å². The Balaban J connectivity index is 1.79. The van der Waals surface area contributed by atoms with E-state index >= 15 is 0 Å². The van der Waals surface area contributed by atoms with Crippen LogP contribution in [-0.4, -0.2) is 29.0 Å². The van der Waals surface area contributed by atoms with Crippen molar-refractivity contribution in [3.05, 3.63) is 46.5 Å². The quantitative estimate of drug-likeness (QED) is 0.560. The number of hydrogen-bond acceptors (Lipinski definition) is 6. The maximum Gasteiger partial charge on any atom is 0.201 e. The Bertz CT molecular complexity index is 942. The van der Waals surface area contributed by atoms with Crippen LogP contribution in [0.5, 0.6) is 34.5 Å². The molecule has 6 nitrogen and oxygen atoms in total. The molecule has 0 fully saturated rings. The predicted molar refractivity (Wildman–Crippen MR) is 99.2 cm³/mol. The Morgan fingerprint density at radius 3 is 2.59 bits per heavy atom. The van der Waals surface area contributed by atoms with E-state index in [9.17, 15) is 15.3 Å². The van der Waals surface area contributed by atoms with Gasteiger partial charge < -0.3 is 29.5 Å². The van der Waals surface area contributed by atoms with Gasteiger partial charge in [0, 0.05) is 16.7 Å². The van der Waals surface area contributed by atoms with E-state index in [0.29, 0.717) is 29.0 Å². The fourth-order valence-corrected chi connectivity index (χ4v) is 3.70. The van der Waals surface area contributed by atoms with Crippen molar-refractivity contribution >= 4 is 0 Å². The Kier molecular flexibility index (Phi) is 4.06.